The Balaban J connectivity index is 1.53. The van der Waals surface area contributed by atoms with Gasteiger partial charge < -0.3 is 10.1 Å². The van der Waals surface area contributed by atoms with Crippen molar-refractivity contribution in [3.05, 3.63) is 36.2 Å². The van der Waals surface area contributed by atoms with E-state index >= 15 is 0 Å². The predicted molar refractivity (Wildman–Crippen MR) is 89.5 cm³/mol. The van der Waals surface area contributed by atoms with E-state index in [1.807, 2.05) is 18.2 Å². The summed E-state index contributed by atoms with van der Waals surface area (Å²) < 4.78 is 5.06. The molecule has 1 saturated carbocycles. The van der Waals surface area contributed by atoms with Crippen LogP contribution in [0.25, 0.3) is 11.0 Å². The number of carbonyl (C=O) groups excluding carboxylic acids is 2. The smallest absolute Gasteiger partial charge is 0.359 e. The summed E-state index contributed by atoms with van der Waals surface area (Å²) in [6, 6.07) is 7.47. The number of esters is 1. The molecule has 0 unspecified atom stereocenters. The van der Waals surface area contributed by atoms with Crippen molar-refractivity contribution in [1.29, 1.82) is 0 Å². The lowest BCUT2D eigenvalue weighted by atomic mass is 10.1. The average Bonchev–Trinajstić information content (AvgIpc) is 2.88. The Labute approximate surface area is 140 Å². The molecule has 1 aliphatic carbocycles. The highest BCUT2D eigenvalue weighted by atomic mass is 16.5. The maximum atomic E-state index is 12.0. The largest absolute Gasteiger partial charge is 0.451 e. The summed E-state index contributed by atoms with van der Waals surface area (Å²) in [4.78, 5) is 32.4. The third-order valence-corrected chi connectivity index (χ3v) is 4.21. The molecule has 24 heavy (non-hydrogen) atoms. The van der Waals surface area contributed by atoms with Crippen LogP contribution in [0.2, 0.25) is 0 Å². The van der Waals surface area contributed by atoms with Crippen molar-refractivity contribution in [2.45, 2.75) is 44.6 Å². The monoisotopic (exact) mass is 327 g/mol. The molecule has 1 aliphatic rings. The van der Waals surface area contributed by atoms with Crippen molar-refractivity contribution in [3.63, 3.8) is 0 Å². The quantitative estimate of drug-likeness (QED) is 0.689. The van der Waals surface area contributed by atoms with Crippen LogP contribution in [-0.4, -0.2) is 34.5 Å². The number of hydrogen-bond acceptors (Lipinski definition) is 5. The van der Waals surface area contributed by atoms with Crippen LogP contribution in [0, 0.1) is 0 Å². The summed E-state index contributed by atoms with van der Waals surface area (Å²) in [5.74, 6) is -0.895. The lowest BCUT2D eigenvalue weighted by Gasteiger charge is -2.16. The van der Waals surface area contributed by atoms with E-state index in [-0.39, 0.29) is 24.2 Å². The third-order valence-electron chi connectivity index (χ3n) is 4.21. The van der Waals surface area contributed by atoms with Crippen molar-refractivity contribution in [2.24, 2.45) is 0 Å². The second-order valence-corrected chi connectivity index (χ2v) is 6.08. The highest BCUT2D eigenvalue weighted by Crippen LogP contribution is 2.17. The van der Waals surface area contributed by atoms with Crippen LogP contribution in [0.15, 0.2) is 30.5 Å². The first-order chi connectivity index (χ1) is 11.7. The van der Waals surface area contributed by atoms with Crippen LogP contribution in [0.5, 0.6) is 0 Å². The first kappa shape index (κ1) is 16.4. The fraction of sp³-hybridized carbons (Fsp3) is 0.444. The van der Waals surface area contributed by atoms with Gasteiger partial charge in [-0.05, 0) is 25.0 Å². The van der Waals surface area contributed by atoms with Crippen LogP contribution in [0.1, 0.15) is 49.0 Å². The Kier molecular flexibility index (Phi) is 5.36. The molecule has 0 spiro atoms. The van der Waals surface area contributed by atoms with E-state index in [9.17, 15) is 9.59 Å². The number of ether oxygens (including phenoxy) is 1. The van der Waals surface area contributed by atoms with Gasteiger partial charge in [0, 0.05) is 6.04 Å². The second-order valence-electron chi connectivity index (χ2n) is 6.08. The Hall–Kier alpha value is -2.50. The zero-order chi connectivity index (χ0) is 16.8. The topological polar surface area (TPSA) is 81.2 Å². The van der Waals surface area contributed by atoms with Gasteiger partial charge in [-0.1, -0.05) is 37.8 Å². The number of aromatic nitrogens is 2. The van der Waals surface area contributed by atoms with Crippen molar-refractivity contribution >= 4 is 22.9 Å². The number of amides is 1. The lowest BCUT2D eigenvalue weighted by molar-refractivity contribution is -0.125. The molecule has 0 bridgehead atoms. The number of fused-ring (bicyclic) bond motifs is 1. The molecule has 0 saturated heterocycles. The molecule has 2 aromatic rings. The highest BCUT2D eigenvalue weighted by Gasteiger charge is 2.17. The van der Waals surface area contributed by atoms with Gasteiger partial charge >= 0.3 is 5.97 Å². The van der Waals surface area contributed by atoms with E-state index < -0.39 is 5.97 Å². The molecule has 1 amide bonds. The maximum absolute atomic E-state index is 12.0. The summed E-state index contributed by atoms with van der Waals surface area (Å²) in [5.41, 5.74) is 1.44. The molecule has 1 N–H and O–H groups in total. The number of para-hydroxylation sites is 2. The number of hydrogen-bond donors (Lipinski definition) is 1. The summed E-state index contributed by atoms with van der Waals surface area (Å²) >= 11 is 0. The van der Waals surface area contributed by atoms with E-state index in [1.165, 1.54) is 19.0 Å². The molecule has 1 fully saturated rings. The van der Waals surface area contributed by atoms with Crippen LogP contribution in [0.3, 0.4) is 0 Å². The third kappa shape index (κ3) is 4.28. The van der Waals surface area contributed by atoms with E-state index in [2.05, 4.69) is 15.3 Å². The van der Waals surface area contributed by atoms with E-state index in [4.69, 9.17) is 4.74 Å². The van der Waals surface area contributed by atoms with Gasteiger partial charge in [0.05, 0.1) is 17.2 Å². The fourth-order valence-corrected chi connectivity index (χ4v) is 2.95. The van der Waals surface area contributed by atoms with E-state index in [0.29, 0.717) is 11.0 Å². The molecular formula is C18H21N3O3. The molecule has 0 atom stereocenters. The molecule has 1 aromatic carbocycles. The minimum atomic E-state index is -0.635. The Morgan fingerprint density at radius 2 is 1.79 bits per heavy atom. The van der Waals surface area contributed by atoms with Gasteiger partial charge in [0.2, 0.25) is 0 Å². The SMILES string of the molecule is O=C(COC(=O)c1cnc2ccccc2n1)NC1CCCCCC1. The van der Waals surface area contributed by atoms with Crippen LogP contribution >= 0.6 is 0 Å². The predicted octanol–water partition coefficient (Wildman–Crippen LogP) is 2.63. The normalized spacial score (nSPS) is 15.7. The lowest BCUT2D eigenvalue weighted by Crippen LogP contribution is -2.37. The van der Waals surface area contributed by atoms with Gasteiger partial charge in [-0.25, -0.2) is 9.78 Å². The van der Waals surface area contributed by atoms with Crippen molar-refractivity contribution < 1.29 is 14.3 Å². The maximum Gasteiger partial charge on any atom is 0.359 e. The molecule has 6 heteroatoms. The van der Waals surface area contributed by atoms with Gasteiger partial charge in [0.1, 0.15) is 0 Å². The minimum absolute atomic E-state index is 0.107. The molecular weight excluding hydrogens is 306 g/mol. The van der Waals surface area contributed by atoms with E-state index in [1.54, 1.807) is 6.07 Å². The second kappa shape index (κ2) is 7.86. The van der Waals surface area contributed by atoms with Crippen LogP contribution in [-0.2, 0) is 9.53 Å². The molecule has 0 radical (unpaired) electrons. The van der Waals surface area contributed by atoms with Crippen LogP contribution < -0.4 is 5.32 Å². The average molecular weight is 327 g/mol. The Bertz CT molecular complexity index is 724. The van der Waals surface area contributed by atoms with Crippen LogP contribution in [0.4, 0.5) is 0 Å². The van der Waals surface area contributed by atoms with E-state index in [0.717, 1.165) is 25.7 Å². The minimum Gasteiger partial charge on any atom is -0.451 e. The molecule has 6 nitrogen and oxygen atoms in total. The highest BCUT2D eigenvalue weighted by molar-refractivity contribution is 5.91. The first-order valence-corrected chi connectivity index (χ1v) is 8.40. The zero-order valence-corrected chi connectivity index (χ0v) is 13.5. The first-order valence-electron chi connectivity index (χ1n) is 8.40. The summed E-state index contributed by atoms with van der Waals surface area (Å²) in [6.07, 6.45) is 8.08. The van der Waals surface area contributed by atoms with Gasteiger partial charge in [-0.15, -0.1) is 0 Å². The fourth-order valence-electron chi connectivity index (χ4n) is 2.95. The molecule has 0 aliphatic heterocycles. The molecule has 126 valence electrons. The summed E-state index contributed by atoms with van der Waals surface area (Å²) in [5, 5.41) is 2.94. The van der Waals surface area contributed by atoms with Gasteiger partial charge in [-0.3, -0.25) is 9.78 Å². The van der Waals surface area contributed by atoms with Crippen molar-refractivity contribution in [3.8, 4) is 0 Å². The van der Waals surface area contributed by atoms with Gasteiger partial charge in [0.25, 0.3) is 5.91 Å². The number of nitrogens with zero attached hydrogens (tertiary/aromatic N) is 2. The Morgan fingerprint density at radius 1 is 1.08 bits per heavy atom. The molecule has 1 heterocycles. The summed E-state index contributed by atoms with van der Waals surface area (Å²) in [7, 11) is 0. The zero-order valence-electron chi connectivity index (χ0n) is 13.5. The molecule has 3 rings (SSSR count). The number of benzene rings is 1. The van der Waals surface area contributed by atoms with Crippen molar-refractivity contribution in [2.75, 3.05) is 6.61 Å². The van der Waals surface area contributed by atoms with Gasteiger partial charge in [-0.2, -0.15) is 0 Å². The number of carbonyl (C=O) groups is 2. The standard InChI is InChI=1S/C18H21N3O3/c22-17(20-13-7-3-1-2-4-8-13)12-24-18(23)16-11-19-14-9-5-6-10-15(14)21-16/h5-6,9-11,13H,1-4,7-8,12H2,(H,20,22). The van der Waals surface area contributed by atoms with Crippen molar-refractivity contribution in [1.82, 2.24) is 15.3 Å². The molecule has 1 aromatic heterocycles. The van der Waals surface area contributed by atoms with Gasteiger partial charge in [0.15, 0.2) is 12.3 Å². The number of rotatable bonds is 4. The Morgan fingerprint density at radius 3 is 2.54 bits per heavy atom. The summed E-state index contributed by atoms with van der Waals surface area (Å²) in [6.45, 7) is -0.288. The number of nitrogens with one attached hydrogen (secondary N) is 1.